The second-order valence-corrected chi connectivity index (χ2v) is 13.5. The van der Waals surface area contributed by atoms with Crippen molar-refractivity contribution in [2.45, 2.75) is 57.7 Å². The minimum Gasteiger partial charge on any atom is -0.444 e. The maximum Gasteiger partial charge on any atom is 0.410 e. The summed E-state index contributed by atoms with van der Waals surface area (Å²) in [5.74, 6) is 0.429. The summed E-state index contributed by atoms with van der Waals surface area (Å²) in [7, 11) is 4.07. The maximum atomic E-state index is 16.7. The third-order valence-electron chi connectivity index (χ3n) is 8.65. The van der Waals surface area contributed by atoms with E-state index in [-0.39, 0.29) is 17.6 Å². The number of amides is 1. The number of benzene rings is 1. The molecule has 0 saturated carbocycles. The monoisotopic (exact) mass is 632 g/mol. The number of nitrogens with zero attached hydrogens (tertiary/aromatic N) is 8. The molecule has 2 saturated heterocycles. The van der Waals surface area contributed by atoms with E-state index in [0.29, 0.717) is 66.5 Å². The van der Waals surface area contributed by atoms with Gasteiger partial charge in [-0.2, -0.15) is 10.2 Å². The number of hydrogen-bond donors (Lipinski definition) is 0. The number of likely N-dealkylation sites (N-methyl/N-ethyl adjacent to an activating group) is 1. The minimum absolute atomic E-state index is 0.117. The van der Waals surface area contributed by atoms with Crippen molar-refractivity contribution in [2.24, 2.45) is 0 Å². The fraction of sp³-hybridized carbons (Fsp3) is 0.485. The standard InChI is InChI=1S/C33H38ClFN8O2/c1-33(2,3)45-32(44)43-15-14-41(17-21(43)12-13-36)30-24-16-37-28(23-10-6-8-20-9-7-11-25(34)26(20)23)27(35)29(24)38-31(39-30)42-18-22(19-42)40(4)5/h6,8,10-11,16,21-22H,7,9,12,14-15,17-19H2,1-5H3/t21-/m0/s1. The fourth-order valence-corrected chi connectivity index (χ4v) is 6.51. The normalized spacial score (nSPS) is 18.9. The van der Waals surface area contributed by atoms with Crippen LogP contribution in [0.15, 0.2) is 30.5 Å². The Hall–Kier alpha value is -4.01. The molecule has 1 atom stereocenters. The molecule has 236 valence electrons. The lowest BCUT2D eigenvalue weighted by molar-refractivity contribution is 0.0145. The summed E-state index contributed by atoms with van der Waals surface area (Å²) < 4.78 is 22.4. The average Bonchev–Trinajstić information content (AvgIpc) is 2.95. The number of carbonyl (C=O) groups is 1. The van der Waals surface area contributed by atoms with Crippen LogP contribution in [0.5, 0.6) is 0 Å². The van der Waals surface area contributed by atoms with Gasteiger partial charge in [-0.25, -0.2) is 14.2 Å². The van der Waals surface area contributed by atoms with Gasteiger partial charge in [0, 0.05) is 61.1 Å². The Labute approximate surface area is 268 Å². The van der Waals surface area contributed by atoms with Crippen molar-refractivity contribution in [2.75, 3.05) is 56.6 Å². The number of carbonyl (C=O) groups excluding carboxylic acids is 1. The highest BCUT2D eigenvalue weighted by molar-refractivity contribution is 6.49. The Bertz CT molecular complexity index is 1710. The molecule has 6 rings (SSSR count). The number of aromatic nitrogens is 3. The van der Waals surface area contributed by atoms with Gasteiger partial charge in [-0.05, 0) is 53.3 Å². The topological polar surface area (TPSA) is 102 Å². The first-order chi connectivity index (χ1) is 21.4. The molecule has 0 bridgehead atoms. The number of hydrogen-bond acceptors (Lipinski definition) is 9. The summed E-state index contributed by atoms with van der Waals surface area (Å²) in [6.07, 6.45) is 4.91. The molecule has 12 heteroatoms. The highest BCUT2D eigenvalue weighted by Gasteiger charge is 2.36. The highest BCUT2D eigenvalue weighted by atomic mass is 35.5. The number of halogens is 2. The van der Waals surface area contributed by atoms with Crippen molar-refractivity contribution in [1.82, 2.24) is 24.8 Å². The number of anilines is 2. The third kappa shape index (κ3) is 6.01. The van der Waals surface area contributed by atoms with Crippen LogP contribution in [-0.4, -0.2) is 95.3 Å². The molecule has 2 aromatic heterocycles. The number of aryl methyl sites for hydroxylation is 1. The van der Waals surface area contributed by atoms with Gasteiger partial charge in [0.1, 0.15) is 22.6 Å². The largest absolute Gasteiger partial charge is 0.444 e. The van der Waals surface area contributed by atoms with E-state index < -0.39 is 23.6 Å². The van der Waals surface area contributed by atoms with Crippen LogP contribution in [0.25, 0.3) is 27.2 Å². The summed E-state index contributed by atoms with van der Waals surface area (Å²) in [4.78, 5) is 35.2. The van der Waals surface area contributed by atoms with Crippen molar-refractivity contribution in [1.29, 1.82) is 5.26 Å². The number of pyridine rings is 1. The predicted octanol–water partition coefficient (Wildman–Crippen LogP) is 5.45. The van der Waals surface area contributed by atoms with Crippen molar-refractivity contribution < 1.29 is 13.9 Å². The zero-order valence-electron chi connectivity index (χ0n) is 26.3. The Balaban J connectivity index is 1.43. The van der Waals surface area contributed by atoms with Gasteiger partial charge in [0.25, 0.3) is 0 Å². The van der Waals surface area contributed by atoms with E-state index in [4.69, 9.17) is 26.3 Å². The summed E-state index contributed by atoms with van der Waals surface area (Å²) in [5.41, 5.74) is 2.20. The molecule has 1 aliphatic carbocycles. The molecule has 0 unspecified atom stereocenters. The molecular formula is C33H38ClFN8O2. The van der Waals surface area contributed by atoms with Crippen LogP contribution in [0, 0.1) is 17.1 Å². The second-order valence-electron chi connectivity index (χ2n) is 13.1. The van der Waals surface area contributed by atoms with Crippen molar-refractivity contribution in [3.05, 3.63) is 47.4 Å². The predicted molar refractivity (Wildman–Crippen MR) is 174 cm³/mol. The molecule has 1 amide bonds. The third-order valence-corrected chi connectivity index (χ3v) is 8.99. The molecule has 3 aromatic rings. The fourth-order valence-electron chi connectivity index (χ4n) is 6.18. The van der Waals surface area contributed by atoms with Crippen LogP contribution < -0.4 is 9.80 Å². The van der Waals surface area contributed by atoms with E-state index in [0.717, 1.165) is 24.0 Å². The van der Waals surface area contributed by atoms with Crippen LogP contribution in [-0.2, 0) is 11.2 Å². The average molecular weight is 633 g/mol. The summed E-state index contributed by atoms with van der Waals surface area (Å²) in [5, 5.41) is 10.7. The molecule has 0 N–H and O–H groups in total. The Morgan fingerprint density at radius 3 is 2.67 bits per heavy atom. The first-order valence-corrected chi connectivity index (χ1v) is 15.7. The molecule has 10 nitrogen and oxygen atoms in total. The quantitative estimate of drug-likeness (QED) is 0.364. The van der Waals surface area contributed by atoms with E-state index >= 15 is 4.39 Å². The van der Waals surface area contributed by atoms with Crippen molar-refractivity contribution >= 4 is 45.4 Å². The first-order valence-electron chi connectivity index (χ1n) is 15.3. The van der Waals surface area contributed by atoms with Crippen LogP contribution in [0.3, 0.4) is 0 Å². The maximum absolute atomic E-state index is 16.7. The second kappa shape index (κ2) is 12.1. The van der Waals surface area contributed by atoms with Gasteiger partial charge in [-0.3, -0.25) is 4.98 Å². The zero-order chi connectivity index (χ0) is 32.0. The SMILES string of the molecule is CN(C)C1CN(c2nc(N3CCN(C(=O)OC(C)(C)C)[C@@H](CC#N)C3)c3cnc(-c4cccc5c4C(Cl)=CCC5)c(F)c3n2)C1. The van der Waals surface area contributed by atoms with Crippen LogP contribution in [0.4, 0.5) is 21.0 Å². The Morgan fingerprint density at radius 1 is 1.18 bits per heavy atom. The lowest BCUT2D eigenvalue weighted by Crippen LogP contribution is -2.58. The molecule has 0 spiro atoms. The molecule has 4 heterocycles. The van der Waals surface area contributed by atoms with Gasteiger partial charge in [0.2, 0.25) is 5.95 Å². The molecule has 1 aromatic carbocycles. The smallest absolute Gasteiger partial charge is 0.410 e. The van der Waals surface area contributed by atoms with Crippen LogP contribution in [0.1, 0.15) is 44.7 Å². The zero-order valence-corrected chi connectivity index (χ0v) is 27.1. The number of allylic oxidation sites excluding steroid dienone is 1. The first kappa shape index (κ1) is 31.0. The molecule has 2 fully saturated rings. The van der Waals surface area contributed by atoms with E-state index in [1.54, 1.807) is 11.1 Å². The van der Waals surface area contributed by atoms with Crippen molar-refractivity contribution in [3.8, 4) is 17.3 Å². The lowest BCUT2D eigenvalue weighted by atomic mass is 9.91. The summed E-state index contributed by atoms with van der Waals surface area (Å²) in [6, 6.07) is 7.89. The molecule has 3 aliphatic rings. The minimum atomic E-state index is -0.663. The van der Waals surface area contributed by atoms with E-state index in [1.165, 1.54) is 0 Å². The van der Waals surface area contributed by atoms with Gasteiger partial charge in [0.05, 0.1) is 23.9 Å². The van der Waals surface area contributed by atoms with Gasteiger partial charge in [0.15, 0.2) is 5.82 Å². The number of piperazine rings is 1. The number of rotatable bonds is 5. The molecule has 2 aliphatic heterocycles. The van der Waals surface area contributed by atoms with Crippen LogP contribution >= 0.6 is 11.6 Å². The number of ether oxygens (including phenoxy) is 1. The number of fused-ring (bicyclic) bond motifs is 2. The van der Waals surface area contributed by atoms with Gasteiger partial charge >= 0.3 is 6.09 Å². The lowest BCUT2D eigenvalue weighted by Gasteiger charge is -2.44. The molecule has 45 heavy (non-hydrogen) atoms. The van der Waals surface area contributed by atoms with E-state index in [9.17, 15) is 10.1 Å². The van der Waals surface area contributed by atoms with Gasteiger partial charge < -0.3 is 24.3 Å². The van der Waals surface area contributed by atoms with E-state index in [2.05, 4.69) is 16.0 Å². The van der Waals surface area contributed by atoms with Gasteiger partial charge in [-0.1, -0.05) is 35.9 Å². The summed E-state index contributed by atoms with van der Waals surface area (Å²) in [6.45, 7) is 7.95. The highest BCUT2D eigenvalue weighted by Crippen LogP contribution is 2.40. The van der Waals surface area contributed by atoms with Gasteiger partial charge in [-0.15, -0.1) is 0 Å². The van der Waals surface area contributed by atoms with Crippen LogP contribution in [0.2, 0.25) is 0 Å². The summed E-state index contributed by atoms with van der Waals surface area (Å²) >= 11 is 6.65. The molecule has 0 radical (unpaired) electrons. The Morgan fingerprint density at radius 2 is 1.96 bits per heavy atom. The Kier molecular flexibility index (Phi) is 8.31. The number of nitriles is 1. The van der Waals surface area contributed by atoms with E-state index in [1.807, 2.05) is 68.9 Å². The van der Waals surface area contributed by atoms with Crippen molar-refractivity contribution in [3.63, 3.8) is 0 Å². The molecular weight excluding hydrogens is 595 g/mol.